The van der Waals surface area contributed by atoms with Gasteiger partial charge in [-0.3, -0.25) is 14.4 Å². The Hall–Kier alpha value is -2.14. The summed E-state index contributed by atoms with van der Waals surface area (Å²) in [6, 6.07) is 9.23. The summed E-state index contributed by atoms with van der Waals surface area (Å²) in [6.07, 6.45) is 2.91. The molecule has 5 nitrogen and oxygen atoms in total. The van der Waals surface area contributed by atoms with Crippen molar-refractivity contribution in [2.75, 3.05) is 13.1 Å². The fourth-order valence-electron chi connectivity index (χ4n) is 3.84. The molecular weight excluding hydrogens is 312 g/mol. The highest BCUT2D eigenvalue weighted by atomic mass is 16.1. The number of rotatable bonds is 6. The number of nitrogens with two attached hydrogens (primary N) is 1. The smallest absolute Gasteiger partial charge is 0.219 e. The van der Waals surface area contributed by atoms with Gasteiger partial charge in [0.2, 0.25) is 5.91 Å². The van der Waals surface area contributed by atoms with E-state index in [1.54, 1.807) is 0 Å². The summed E-state index contributed by atoms with van der Waals surface area (Å²) in [4.78, 5) is 13.6. The van der Waals surface area contributed by atoms with E-state index < -0.39 is 0 Å². The third-order valence-electron chi connectivity index (χ3n) is 5.30. The number of hydrogen-bond acceptors (Lipinski definition) is 3. The monoisotopic (exact) mass is 340 g/mol. The Morgan fingerprint density at radius 2 is 2.00 bits per heavy atom. The Kier molecular flexibility index (Phi) is 5.23. The van der Waals surface area contributed by atoms with Crippen molar-refractivity contribution < 1.29 is 4.79 Å². The lowest BCUT2D eigenvalue weighted by molar-refractivity contribution is -0.118. The quantitative estimate of drug-likeness (QED) is 0.878. The van der Waals surface area contributed by atoms with E-state index in [9.17, 15) is 4.79 Å². The van der Waals surface area contributed by atoms with Gasteiger partial charge in [0.05, 0.1) is 5.69 Å². The second kappa shape index (κ2) is 7.40. The average molecular weight is 340 g/mol. The second-order valence-corrected chi connectivity index (χ2v) is 7.03. The summed E-state index contributed by atoms with van der Waals surface area (Å²) < 4.78 is 1.89. The summed E-state index contributed by atoms with van der Waals surface area (Å²) in [5, 5.41) is 4.61. The predicted octanol–water partition coefficient (Wildman–Crippen LogP) is 3.20. The van der Waals surface area contributed by atoms with E-state index in [0.717, 1.165) is 11.4 Å². The molecule has 1 aromatic heterocycles. The molecular formula is C20H28N4O. The Morgan fingerprint density at radius 1 is 1.28 bits per heavy atom. The van der Waals surface area contributed by atoms with E-state index in [4.69, 9.17) is 5.73 Å². The highest BCUT2D eigenvalue weighted by Gasteiger charge is 2.20. The van der Waals surface area contributed by atoms with Crippen LogP contribution in [0, 0.1) is 13.8 Å². The fourth-order valence-corrected chi connectivity index (χ4v) is 3.84. The van der Waals surface area contributed by atoms with Gasteiger partial charge in [-0.25, -0.2) is 0 Å². The van der Waals surface area contributed by atoms with Crippen molar-refractivity contribution in [3.05, 3.63) is 41.2 Å². The number of carbonyl (C=O) groups is 1. The lowest BCUT2D eigenvalue weighted by Crippen LogP contribution is -2.23. The first kappa shape index (κ1) is 17.7. The van der Waals surface area contributed by atoms with Crippen LogP contribution in [0.4, 0.5) is 0 Å². The fraction of sp³-hybridized carbons (Fsp3) is 0.500. The molecule has 1 saturated heterocycles. The van der Waals surface area contributed by atoms with Gasteiger partial charge in [-0.2, -0.15) is 5.10 Å². The zero-order valence-electron chi connectivity index (χ0n) is 15.5. The zero-order chi connectivity index (χ0) is 18.0. The maximum Gasteiger partial charge on any atom is 0.219 e. The van der Waals surface area contributed by atoms with Crippen molar-refractivity contribution in [3.8, 4) is 11.1 Å². The van der Waals surface area contributed by atoms with Crippen molar-refractivity contribution >= 4 is 5.91 Å². The van der Waals surface area contributed by atoms with Crippen LogP contribution in [0.3, 0.4) is 0 Å². The number of benzene rings is 1. The molecule has 2 aromatic rings. The molecule has 1 aromatic carbocycles. The number of aromatic nitrogens is 2. The van der Waals surface area contributed by atoms with Crippen molar-refractivity contribution in [1.82, 2.24) is 14.7 Å². The summed E-state index contributed by atoms with van der Waals surface area (Å²) in [7, 11) is 0. The molecule has 0 aliphatic carbocycles. The van der Waals surface area contributed by atoms with Crippen LogP contribution in [0.1, 0.15) is 49.2 Å². The van der Waals surface area contributed by atoms with Gasteiger partial charge < -0.3 is 5.73 Å². The van der Waals surface area contributed by atoms with E-state index in [0.29, 0.717) is 19.0 Å². The first-order chi connectivity index (χ1) is 12.0. The summed E-state index contributed by atoms with van der Waals surface area (Å²) in [5.74, 6) is -0.296. The summed E-state index contributed by atoms with van der Waals surface area (Å²) in [6.45, 7) is 9.29. The van der Waals surface area contributed by atoms with Gasteiger partial charge >= 0.3 is 0 Å². The van der Waals surface area contributed by atoms with Gasteiger partial charge in [-0.1, -0.05) is 18.2 Å². The lowest BCUT2D eigenvalue weighted by atomic mass is 9.98. The molecule has 0 spiro atoms. The molecule has 1 fully saturated rings. The van der Waals surface area contributed by atoms with Crippen molar-refractivity contribution in [1.29, 1.82) is 0 Å². The van der Waals surface area contributed by atoms with Crippen LogP contribution in [0.25, 0.3) is 11.1 Å². The Balaban J connectivity index is 1.89. The highest BCUT2D eigenvalue weighted by molar-refractivity contribution is 5.73. The minimum Gasteiger partial charge on any atom is -0.370 e. The standard InChI is InChI=1S/C20H28N4O/c1-14-20(16(3)24(22-14)12-9-19(21)25)18-8-6-7-17(13-18)15(2)23-10-4-5-11-23/h6-8,13,15H,4-5,9-12H2,1-3H3,(H2,21,25). The summed E-state index contributed by atoms with van der Waals surface area (Å²) >= 11 is 0. The molecule has 1 amide bonds. The molecule has 0 bridgehead atoms. The number of amides is 1. The van der Waals surface area contributed by atoms with Crippen LogP contribution in [-0.2, 0) is 11.3 Å². The van der Waals surface area contributed by atoms with E-state index >= 15 is 0 Å². The highest BCUT2D eigenvalue weighted by Crippen LogP contribution is 2.31. The molecule has 134 valence electrons. The largest absolute Gasteiger partial charge is 0.370 e. The van der Waals surface area contributed by atoms with Crippen LogP contribution in [0.2, 0.25) is 0 Å². The van der Waals surface area contributed by atoms with Gasteiger partial charge in [-0.05, 0) is 63.9 Å². The minimum absolute atomic E-state index is 0.296. The maximum atomic E-state index is 11.1. The van der Waals surface area contributed by atoms with Crippen molar-refractivity contribution in [2.45, 2.75) is 52.6 Å². The van der Waals surface area contributed by atoms with Gasteiger partial charge in [0, 0.05) is 30.3 Å². The van der Waals surface area contributed by atoms with Crippen LogP contribution >= 0.6 is 0 Å². The van der Waals surface area contributed by atoms with Crippen molar-refractivity contribution in [2.24, 2.45) is 5.73 Å². The number of hydrogen-bond donors (Lipinski definition) is 1. The number of carbonyl (C=O) groups excluding carboxylic acids is 1. The van der Waals surface area contributed by atoms with Crippen molar-refractivity contribution in [3.63, 3.8) is 0 Å². The van der Waals surface area contributed by atoms with E-state index in [-0.39, 0.29) is 5.91 Å². The number of likely N-dealkylation sites (tertiary alicyclic amines) is 1. The minimum atomic E-state index is -0.296. The number of nitrogens with zero attached hydrogens (tertiary/aromatic N) is 3. The Labute approximate surface area is 149 Å². The maximum absolute atomic E-state index is 11.1. The predicted molar refractivity (Wildman–Crippen MR) is 100 cm³/mol. The third-order valence-corrected chi connectivity index (χ3v) is 5.30. The molecule has 3 rings (SSSR count). The van der Waals surface area contributed by atoms with E-state index in [2.05, 4.69) is 48.1 Å². The summed E-state index contributed by atoms with van der Waals surface area (Å²) in [5.41, 5.74) is 11.1. The van der Waals surface area contributed by atoms with Crippen LogP contribution in [0.15, 0.2) is 24.3 Å². The Morgan fingerprint density at radius 3 is 2.68 bits per heavy atom. The van der Waals surface area contributed by atoms with Gasteiger partial charge in [0.25, 0.3) is 0 Å². The van der Waals surface area contributed by atoms with Gasteiger partial charge in [-0.15, -0.1) is 0 Å². The lowest BCUT2D eigenvalue weighted by Gasteiger charge is -2.24. The van der Waals surface area contributed by atoms with E-state index in [1.807, 2.05) is 11.6 Å². The first-order valence-corrected chi connectivity index (χ1v) is 9.14. The molecule has 2 N–H and O–H groups in total. The molecule has 1 aliphatic rings. The number of primary amides is 1. The van der Waals surface area contributed by atoms with Crippen LogP contribution < -0.4 is 5.73 Å². The first-order valence-electron chi connectivity index (χ1n) is 9.14. The Bertz CT molecular complexity index is 759. The SMILES string of the molecule is Cc1nn(CCC(N)=O)c(C)c1-c1cccc(C(C)N2CCCC2)c1. The van der Waals surface area contributed by atoms with Gasteiger partial charge in [0.15, 0.2) is 0 Å². The van der Waals surface area contributed by atoms with Gasteiger partial charge in [0.1, 0.15) is 0 Å². The molecule has 1 aliphatic heterocycles. The second-order valence-electron chi connectivity index (χ2n) is 7.03. The number of aryl methyl sites for hydroxylation is 2. The van der Waals surface area contributed by atoms with E-state index in [1.165, 1.54) is 42.6 Å². The van der Waals surface area contributed by atoms with Crippen LogP contribution in [-0.4, -0.2) is 33.7 Å². The molecule has 0 radical (unpaired) electrons. The molecule has 1 atom stereocenters. The molecule has 0 saturated carbocycles. The molecule has 2 heterocycles. The molecule has 5 heteroatoms. The molecule has 25 heavy (non-hydrogen) atoms. The normalized spacial score (nSPS) is 16.3. The molecule has 1 unspecified atom stereocenters. The topological polar surface area (TPSA) is 64.2 Å². The average Bonchev–Trinajstić information content (AvgIpc) is 3.21. The zero-order valence-corrected chi connectivity index (χ0v) is 15.5. The van der Waals surface area contributed by atoms with Crippen LogP contribution in [0.5, 0.6) is 0 Å². The third kappa shape index (κ3) is 3.76.